The van der Waals surface area contributed by atoms with Gasteiger partial charge in [0.1, 0.15) is 42.7 Å². The zero-order chi connectivity index (χ0) is 19.2. The molecule has 0 radical (unpaired) electrons. The third-order valence-electron chi connectivity index (χ3n) is 4.80. The minimum atomic E-state index is -2.28. The van der Waals surface area contributed by atoms with Crippen molar-refractivity contribution in [3.05, 3.63) is 33.1 Å². The normalized spacial score (nSPS) is 43.1. The van der Waals surface area contributed by atoms with Crippen LogP contribution in [-0.2, 0) is 15.2 Å². The molecule has 2 fully saturated rings. The van der Waals surface area contributed by atoms with Crippen LogP contribution < -0.4 is 11.2 Å². The smallest absolute Gasteiger partial charge is 0.330 e. The number of hydrogen-bond donors (Lipinski definition) is 7. The standard InChI is InChI=1S/C14H20N2O10/c17-3-5-8(20)10(22)12(25-5)14(11(23)9(21)6(4-18)26-14)16-2-1-7(19)15-13(16)24/h1-2,5-6,8-12,17-18,20-23H,3-4H2,(H,15,19,24)/t5-,6+,8-,9+,10+,11+,12?,14-/m0/s1. The van der Waals surface area contributed by atoms with Crippen molar-refractivity contribution in [2.45, 2.75) is 48.5 Å². The Bertz CT molecular complexity index is 765. The van der Waals surface area contributed by atoms with Crippen LogP contribution in [0.4, 0.5) is 0 Å². The van der Waals surface area contributed by atoms with Crippen LogP contribution in [0.15, 0.2) is 21.9 Å². The largest absolute Gasteiger partial charge is 0.394 e. The Kier molecular flexibility index (Phi) is 5.02. The molecule has 0 saturated carbocycles. The van der Waals surface area contributed by atoms with Gasteiger partial charge in [-0.15, -0.1) is 0 Å². The highest BCUT2D eigenvalue weighted by atomic mass is 16.6. The molecule has 3 rings (SSSR count). The molecule has 146 valence electrons. The van der Waals surface area contributed by atoms with Gasteiger partial charge in [-0.25, -0.2) is 4.79 Å². The molecular formula is C14H20N2O10. The predicted molar refractivity (Wildman–Crippen MR) is 81.0 cm³/mol. The molecule has 1 unspecified atom stereocenters. The van der Waals surface area contributed by atoms with Crippen molar-refractivity contribution in [3.8, 4) is 0 Å². The van der Waals surface area contributed by atoms with Crippen molar-refractivity contribution in [1.29, 1.82) is 0 Å². The number of aromatic amines is 1. The summed E-state index contributed by atoms with van der Waals surface area (Å²) in [5, 5.41) is 59.8. The van der Waals surface area contributed by atoms with Gasteiger partial charge in [0.25, 0.3) is 5.56 Å². The van der Waals surface area contributed by atoms with Crippen LogP contribution in [0.2, 0.25) is 0 Å². The van der Waals surface area contributed by atoms with Gasteiger partial charge >= 0.3 is 5.69 Å². The van der Waals surface area contributed by atoms with Crippen LogP contribution in [0.5, 0.6) is 0 Å². The summed E-state index contributed by atoms with van der Waals surface area (Å²) in [6.45, 7) is -1.40. The second-order valence-corrected chi connectivity index (χ2v) is 6.27. The Morgan fingerprint density at radius 2 is 1.69 bits per heavy atom. The third kappa shape index (κ3) is 2.62. The number of hydrogen-bond acceptors (Lipinski definition) is 10. The Hall–Kier alpha value is -1.64. The number of H-pyrrole nitrogens is 1. The number of nitrogens with one attached hydrogen (secondary N) is 1. The van der Waals surface area contributed by atoms with Gasteiger partial charge in [-0.2, -0.15) is 0 Å². The zero-order valence-electron chi connectivity index (χ0n) is 13.4. The van der Waals surface area contributed by atoms with E-state index in [-0.39, 0.29) is 0 Å². The molecular weight excluding hydrogens is 356 g/mol. The van der Waals surface area contributed by atoms with E-state index in [1.54, 1.807) is 0 Å². The summed E-state index contributed by atoms with van der Waals surface area (Å²) in [7, 11) is 0. The summed E-state index contributed by atoms with van der Waals surface area (Å²) in [6.07, 6.45) is -10.1. The van der Waals surface area contributed by atoms with Gasteiger partial charge in [0, 0.05) is 12.3 Å². The molecule has 12 nitrogen and oxygen atoms in total. The van der Waals surface area contributed by atoms with E-state index < -0.39 is 72.9 Å². The van der Waals surface area contributed by atoms with E-state index >= 15 is 0 Å². The van der Waals surface area contributed by atoms with Gasteiger partial charge in [0.2, 0.25) is 5.72 Å². The number of rotatable bonds is 4. The van der Waals surface area contributed by atoms with Crippen molar-refractivity contribution >= 4 is 0 Å². The van der Waals surface area contributed by atoms with Gasteiger partial charge in [0.15, 0.2) is 0 Å². The highest BCUT2D eigenvalue weighted by Gasteiger charge is 2.65. The monoisotopic (exact) mass is 376 g/mol. The summed E-state index contributed by atoms with van der Waals surface area (Å²) in [5.74, 6) is 0. The van der Waals surface area contributed by atoms with E-state index in [4.69, 9.17) is 9.47 Å². The number of ether oxygens (including phenoxy) is 2. The lowest BCUT2D eigenvalue weighted by atomic mass is 9.92. The van der Waals surface area contributed by atoms with Crippen molar-refractivity contribution in [2.24, 2.45) is 0 Å². The summed E-state index contributed by atoms with van der Waals surface area (Å²) in [5.41, 5.74) is -4.06. The van der Waals surface area contributed by atoms with Crippen LogP contribution in [0.3, 0.4) is 0 Å². The predicted octanol–water partition coefficient (Wildman–Crippen LogP) is -5.22. The lowest BCUT2D eigenvalue weighted by molar-refractivity contribution is -0.234. The van der Waals surface area contributed by atoms with E-state index in [0.29, 0.717) is 4.57 Å². The summed E-state index contributed by atoms with van der Waals surface area (Å²) < 4.78 is 11.6. The molecule has 0 aliphatic carbocycles. The van der Waals surface area contributed by atoms with Gasteiger partial charge in [-0.1, -0.05) is 0 Å². The first-order chi connectivity index (χ1) is 12.3. The zero-order valence-corrected chi connectivity index (χ0v) is 13.4. The summed E-state index contributed by atoms with van der Waals surface area (Å²) in [4.78, 5) is 25.6. The molecule has 2 saturated heterocycles. The van der Waals surface area contributed by atoms with E-state index in [1.165, 1.54) is 0 Å². The Morgan fingerprint density at radius 1 is 1.04 bits per heavy atom. The van der Waals surface area contributed by atoms with Crippen molar-refractivity contribution in [3.63, 3.8) is 0 Å². The van der Waals surface area contributed by atoms with Gasteiger partial charge < -0.3 is 40.1 Å². The molecule has 3 heterocycles. The van der Waals surface area contributed by atoms with Crippen molar-refractivity contribution < 1.29 is 40.1 Å². The maximum absolute atomic E-state index is 12.3. The molecule has 1 aromatic rings. The highest BCUT2D eigenvalue weighted by molar-refractivity contribution is 5.10. The fourth-order valence-corrected chi connectivity index (χ4v) is 3.48. The maximum Gasteiger partial charge on any atom is 0.330 e. The third-order valence-corrected chi connectivity index (χ3v) is 4.80. The number of aliphatic hydroxyl groups excluding tert-OH is 6. The lowest BCUT2D eigenvalue weighted by Crippen LogP contribution is -2.61. The average Bonchev–Trinajstić information content (AvgIpc) is 3.04. The van der Waals surface area contributed by atoms with Crippen LogP contribution in [0, 0.1) is 0 Å². The van der Waals surface area contributed by atoms with Crippen LogP contribution in [0.25, 0.3) is 0 Å². The molecule has 7 N–H and O–H groups in total. The van der Waals surface area contributed by atoms with Crippen LogP contribution in [-0.4, -0.2) is 96.1 Å². The van der Waals surface area contributed by atoms with E-state index in [1.807, 2.05) is 4.98 Å². The first-order valence-corrected chi connectivity index (χ1v) is 7.87. The Balaban J connectivity index is 2.18. The fourth-order valence-electron chi connectivity index (χ4n) is 3.48. The molecule has 8 atom stereocenters. The molecule has 0 spiro atoms. The molecule has 1 aromatic heterocycles. The second kappa shape index (κ2) is 6.83. The number of nitrogens with zero attached hydrogens (tertiary/aromatic N) is 1. The molecule has 0 amide bonds. The first kappa shape index (κ1) is 19.1. The average molecular weight is 376 g/mol. The Labute approximate surface area is 145 Å². The summed E-state index contributed by atoms with van der Waals surface area (Å²) >= 11 is 0. The molecule has 2 aliphatic rings. The van der Waals surface area contributed by atoms with Crippen LogP contribution in [0.1, 0.15) is 0 Å². The highest BCUT2D eigenvalue weighted by Crippen LogP contribution is 2.43. The molecule has 26 heavy (non-hydrogen) atoms. The topological polar surface area (TPSA) is 195 Å². The molecule has 2 aliphatic heterocycles. The first-order valence-electron chi connectivity index (χ1n) is 7.87. The number of aliphatic hydroxyl groups is 6. The minimum Gasteiger partial charge on any atom is -0.394 e. The lowest BCUT2D eigenvalue weighted by Gasteiger charge is -2.39. The number of aromatic nitrogens is 2. The second-order valence-electron chi connectivity index (χ2n) is 6.27. The quantitative estimate of drug-likeness (QED) is 0.267. The SMILES string of the molecule is O=c1ccn([C@]2(C3O[C@@H](CO)[C@H](O)[C@H]3O)O[C@H](CO)[C@@H](O)[C@H]2O)c(=O)[nH]1. The van der Waals surface area contributed by atoms with E-state index in [9.17, 15) is 40.2 Å². The van der Waals surface area contributed by atoms with Crippen LogP contribution >= 0.6 is 0 Å². The van der Waals surface area contributed by atoms with Gasteiger partial charge in [0.05, 0.1) is 13.2 Å². The van der Waals surface area contributed by atoms with E-state index in [0.717, 1.165) is 12.3 Å². The van der Waals surface area contributed by atoms with Gasteiger partial charge in [-0.05, 0) is 0 Å². The van der Waals surface area contributed by atoms with Gasteiger partial charge in [-0.3, -0.25) is 14.3 Å². The molecule has 0 aromatic carbocycles. The Morgan fingerprint density at radius 3 is 2.19 bits per heavy atom. The minimum absolute atomic E-state index is 0.673. The van der Waals surface area contributed by atoms with Crippen molar-refractivity contribution in [1.82, 2.24) is 9.55 Å². The fraction of sp³-hybridized carbons (Fsp3) is 0.714. The summed E-state index contributed by atoms with van der Waals surface area (Å²) in [6, 6.07) is 0.944. The van der Waals surface area contributed by atoms with Crippen molar-refractivity contribution in [2.75, 3.05) is 13.2 Å². The molecule has 12 heteroatoms. The molecule has 0 bridgehead atoms. The maximum atomic E-state index is 12.3. The van der Waals surface area contributed by atoms with E-state index in [2.05, 4.69) is 0 Å².